The second kappa shape index (κ2) is 9.23. The summed E-state index contributed by atoms with van der Waals surface area (Å²) < 4.78 is 6.77. The molecular formula is C27H33IN2O7. The molecule has 4 rings (SSSR count). The van der Waals surface area contributed by atoms with E-state index in [0.29, 0.717) is 24.3 Å². The molecule has 0 aromatic heterocycles. The highest BCUT2D eigenvalue weighted by atomic mass is 127. The maximum Gasteiger partial charge on any atom is 0.235 e. The molecule has 0 spiro atoms. The molecule has 200 valence electrons. The molecule has 0 saturated heterocycles. The number of benzene rings is 1. The Bertz CT molecular complexity index is 1230. The van der Waals surface area contributed by atoms with Crippen molar-refractivity contribution >= 4 is 51.6 Å². The van der Waals surface area contributed by atoms with E-state index in [4.69, 9.17) is 10.5 Å². The molecule has 0 aliphatic heterocycles. The number of nitrogens with two attached hydrogens (primary N) is 1. The fraction of sp³-hybridized carbons (Fsp3) is 0.593. The van der Waals surface area contributed by atoms with Gasteiger partial charge in [-0.05, 0) is 79.1 Å². The van der Waals surface area contributed by atoms with Crippen molar-refractivity contribution in [3.63, 3.8) is 0 Å². The zero-order valence-corrected chi connectivity index (χ0v) is 23.9. The molecule has 1 aromatic carbocycles. The van der Waals surface area contributed by atoms with Gasteiger partial charge in [0.15, 0.2) is 34.7 Å². The van der Waals surface area contributed by atoms with Crippen LogP contribution in [0.4, 0.5) is 0 Å². The molecule has 6 atom stereocenters. The zero-order valence-electron chi connectivity index (χ0n) is 21.7. The summed E-state index contributed by atoms with van der Waals surface area (Å²) in [4.78, 5) is 69.1. The first-order valence-electron chi connectivity index (χ1n) is 12.5. The number of aliphatic hydroxyl groups is 1. The summed E-state index contributed by atoms with van der Waals surface area (Å²) in [5, 5.41) is 12.0. The molecule has 9 nitrogen and oxygen atoms in total. The number of unbranched alkanes of at least 4 members (excludes halogenated alkanes) is 1. The van der Waals surface area contributed by atoms with E-state index in [1.165, 1.54) is 11.8 Å². The van der Waals surface area contributed by atoms with E-state index in [9.17, 15) is 29.1 Å². The van der Waals surface area contributed by atoms with Gasteiger partial charge in [-0.1, -0.05) is 27.2 Å². The summed E-state index contributed by atoms with van der Waals surface area (Å²) in [7, 11) is 3.18. The summed E-state index contributed by atoms with van der Waals surface area (Å²) >= 11 is 2.16. The minimum absolute atomic E-state index is 0.0287. The van der Waals surface area contributed by atoms with Gasteiger partial charge >= 0.3 is 0 Å². The van der Waals surface area contributed by atoms with Crippen LogP contribution < -0.4 is 10.5 Å². The molecule has 2 fully saturated rings. The second-order valence-corrected chi connectivity index (χ2v) is 12.5. The predicted molar refractivity (Wildman–Crippen MR) is 142 cm³/mol. The van der Waals surface area contributed by atoms with Gasteiger partial charge in [-0.3, -0.25) is 28.9 Å². The predicted octanol–water partition coefficient (Wildman–Crippen LogP) is 1.73. The second-order valence-electron chi connectivity index (χ2n) is 11.4. The van der Waals surface area contributed by atoms with Crippen LogP contribution in [0, 0.1) is 26.2 Å². The van der Waals surface area contributed by atoms with E-state index in [1.807, 2.05) is 13.0 Å². The van der Waals surface area contributed by atoms with Crippen molar-refractivity contribution in [3.8, 4) is 5.75 Å². The summed E-state index contributed by atoms with van der Waals surface area (Å²) in [6.07, 6.45) is 2.04. The van der Waals surface area contributed by atoms with Crippen LogP contribution in [0.1, 0.15) is 56.0 Å². The largest absolute Gasteiger partial charge is 0.493 e. The number of primary amides is 1. The Morgan fingerprint density at radius 2 is 1.84 bits per heavy atom. The molecule has 2 unspecified atom stereocenters. The van der Waals surface area contributed by atoms with Crippen LogP contribution in [0.15, 0.2) is 12.1 Å². The van der Waals surface area contributed by atoms with Gasteiger partial charge in [-0.2, -0.15) is 0 Å². The standard InChI is InChI=1S/C27H33IN2O7/c1-6-7-10-37-15-9-8-14(28)13-11-25(2)12-26(3)21(30(4)5)20(32)17(24(29)35)22(33)27(26,36)23(34)18(25)19(31)16(13)15/h8-9,17-18,21,36H,6-7,10-12H2,1-5H3,(H2,29,35)/t17?,18?,21-,25+,26+,27-/m1/s1. The van der Waals surface area contributed by atoms with Crippen LogP contribution >= 0.6 is 22.6 Å². The normalized spacial score (nSPS) is 35.2. The third kappa shape index (κ3) is 3.73. The van der Waals surface area contributed by atoms with Crippen LogP contribution in [0.25, 0.3) is 0 Å². The minimum atomic E-state index is -2.74. The van der Waals surface area contributed by atoms with Crippen molar-refractivity contribution in [2.75, 3.05) is 20.7 Å². The molecule has 3 N–H and O–H groups in total. The number of ether oxygens (including phenoxy) is 1. The Kier molecular flexibility index (Phi) is 6.95. The lowest BCUT2D eigenvalue weighted by atomic mass is 9.42. The van der Waals surface area contributed by atoms with E-state index in [0.717, 1.165) is 22.0 Å². The third-order valence-corrected chi connectivity index (χ3v) is 9.56. The van der Waals surface area contributed by atoms with Crippen LogP contribution in [0.3, 0.4) is 0 Å². The third-order valence-electron chi connectivity index (χ3n) is 8.55. The Morgan fingerprint density at radius 3 is 2.41 bits per heavy atom. The first kappa shape index (κ1) is 27.8. The molecule has 3 aliphatic carbocycles. The van der Waals surface area contributed by atoms with Gasteiger partial charge in [0.25, 0.3) is 0 Å². The van der Waals surface area contributed by atoms with Gasteiger partial charge in [0.05, 0.1) is 24.1 Å². The Morgan fingerprint density at radius 1 is 1.19 bits per heavy atom. The van der Waals surface area contributed by atoms with Crippen molar-refractivity contribution < 1.29 is 33.8 Å². The van der Waals surface area contributed by atoms with Crippen molar-refractivity contribution in [1.29, 1.82) is 0 Å². The number of hydrogen-bond acceptors (Lipinski definition) is 8. The van der Waals surface area contributed by atoms with Crippen molar-refractivity contribution in [1.82, 2.24) is 4.90 Å². The van der Waals surface area contributed by atoms with E-state index >= 15 is 0 Å². The SMILES string of the molecule is CCCCOc1ccc(I)c2c1C(=O)C1C(=O)[C@]3(O)C(=O)C(C(N)=O)C(=O)[C@@H](N(C)C)[C@]3(C)C[C@]1(C)C2. The highest BCUT2D eigenvalue weighted by Gasteiger charge is 2.76. The number of ketones is 4. The Hall–Kier alpha value is -2.18. The summed E-state index contributed by atoms with van der Waals surface area (Å²) in [6, 6.07) is 2.43. The Labute approximate surface area is 229 Å². The highest BCUT2D eigenvalue weighted by Crippen LogP contribution is 2.61. The fourth-order valence-corrected chi connectivity index (χ4v) is 7.76. The molecule has 1 amide bonds. The zero-order chi connectivity index (χ0) is 27.7. The number of amides is 1. The summed E-state index contributed by atoms with van der Waals surface area (Å²) in [5.41, 5.74) is 1.15. The van der Waals surface area contributed by atoms with Crippen LogP contribution in [0.5, 0.6) is 5.75 Å². The quantitative estimate of drug-likeness (QED) is 0.277. The molecule has 10 heteroatoms. The van der Waals surface area contributed by atoms with Crippen LogP contribution in [-0.2, 0) is 25.6 Å². The molecule has 37 heavy (non-hydrogen) atoms. The molecule has 0 bridgehead atoms. The highest BCUT2D eigenvalue weighted by molar-refractivity contribution is 14.1. The van der Waals surface area contributed by atoms with Gasteiger partial charge in [-0.25, -0.2) is 0 Å². The number of fused-ring (bicyclic) bond motifs is 3. The fourth-order valence-electron chi connectivity index (χ4n) is 7.12. The lowest BCUT2D eigenvalue weighted by molar-refractivity contribution is -0.203. The number of nitrogens with zero attached hydrogens (tertiary/aromatic N) is 1. The number of hydrogen-bond donors (Lipinski definition) is 2. The summed E-state index contributed by atoms with van der Waals surface area (Å²) in [5.74, 6) is -7.65. The minimum Gasteiger partial charge on any atom is -0.493 e. The lowest BCUT2D eigenvalue weighted by Gasteiger charge is -2.61. The molecule has 1 aromatic rings. The van der Waals surface area contributed by atoms with Crippen LogP contribution in [-0.4, -0.2) is 71.4 Å². The maximum absolute atomic E-state index is 14.2. The molecular weight excluding hydrogens is 591 g/mol. The lowest BCUT2D eigenvalue weighted by Crippen LogP contribution is -2.79. The monoisotopic (exact) mass is 624 g/mol. The van der Waals surface area contributed by atoms with Gasteiger partial charge in [0.1, 0.15) is 5.75 Å². The molecule has 3 aliphatic rings. The molecule has 0 radical (unpaired) electrons. The number of carbonyl (C=O) groups excluding carboxylic acids is 5. The first-order chi connectivity index (χ1) is 17.2. The van der Waals surface area contributed by atoms with Crippen molar-refractivity contribution in [2.24, 2.45) is 28.4 Å². The number of Topliss-reactive ketones (excluding diaryl/α,β-unsaturated/α-hetero) is 4. The number of carbonyl (C=O) groups is 5. The van der Waals surface area contributed by atoms with Gasteiger partial charge in [-0.15, -0.1) is 0 Å². The molecule has 0 heterocycles. The van der Waals surface area contributed by atoms with Crippen LogP contribution in [0.2, 0.25) is 0 Å². The number of rotatable bonds is 6. The average molecular weight is 624 g/mol. The maximum atomic E-state index is 14.2. The van der Waals surface area contributed by atoms with E-state index in [2.05, 4.69) is 22.6 Å². The number of likely N-dealkylation sites (N-methyl/N-ethyl adjacent to an activating group) is 1. The Balaban J connectivity index is 1.92. The van der Waals surface area contributed by atoms with E-state index in [1.54, 1.807) is 27.1 Å². The van der Waals surface area contributed by atoms with E-state index < -0.39 is 63.3 Å². The summed E-state index contributed by atoms with van der Waals surface area (Å²) in [6.45, 7) is 5.75. The molecule has 2 saturated carbocycles. The topological polar surface area (TPSA) is 144 Å². The van der Waals surface area contributed by atoms with Gasteiger partial charge in [0, 0.05) is 8.99 Å². The number of halogens is 1. The van der Waals surface area contributed by atoms with Gasteiger partial charge in [0.2, 0.25) is 5.91 Å². The van der Waals surface area contributed by atoms with Crippen molar-refractivity contribution in [3.05, 3.63) is 26.8 Å². The van der Waals surface area contributed by atoms with Gasteiger partial charge < -0.3 is 15.6 Å². The average Bonchev–Trinajstić information content (AvgIpc) is 2.78. The smallest absolute Gasteiger partial charge is 0.235 e. The van der Waals surface area contributed by atoms with E-state index in [-0.39, 0.29) is 6.42 Å². The van der Waals surface area contributed by atoms with Crippen molar-refractivity contribution in [2.45, 2.75) is 58.1 Å². The first-order valence-corrected chi connectivity index (χ1v) is 13.5.